The molecular formula is C8H10O. The third-order valence-corrected chi connectivity index (χ3v) is 0.740. The minimum absolute atomic E-state index is 0.748. The van der Waals surface area contributed by atoms with E-state index in [0.29, 0.717) is 0 Å². The van der Waals surface area contributed by atoms with Gasteiger partial charge in [-0.2, -0.15) is 0 Å². The summed E-state index contributed by atoms with van der Waals surface area (Å²) < 4.78 is 0. The van der Waals surface area contributed by atoms with Crippen LogP contribution in [-0.2, 0) is 4.79 Å². The van der Waals surface area contributed by atoms with Crippen molar-refractivity contribution in [2.24, 2.45) is 0 Å². The van der Waals surface area contributed by atoms with Gasteiger partial charge in [0, 0.05) is 0 Å². The van der Waals surface area contributed by atoms with Crippen molar-refractivity contribution in [1.82, 2.24) is 0 Å². The van der Waals surface area contributed by atoms with Crippen LogP contribution in [-0.4, -0.2) is 6.29 Å². The smallest absolute Gasteiger partial charge is 0.142 e. The van der Waals surface area contributed by atoms with E-state index in [-0.39, 0.29) is 0 Å². The Balaban J connectivity index is 3.33. The summed E-state index contributed by atoms with van der Waals surface area (Å²) in [6.07, 6.45) is 10.3. The Bertz CT molecular complexity index is 132. The van der Waals surface area contributed by atoms with Gasteiger partial charge in [0.2, 0.25) is 0 Å². The third kappa shape index (κ3) is 6.89. The lowest BCUT2D eigenvalue weighted by atomic mass is 10.3. The van der Waals surface area contributed by atoms with E-state index in [1.807, 2.05) is 12.2 Å². The highest BCUT2D eigenvalue weighted by molar-refractivity contribution is 5.65. The molecule has 0 atom stereocenters. The topological polar surface area (TPSA) is 17.1 Å². The molecule has 0 unspecified atom stereocenters. The molecule has 0 N–H and O–H groups in total. The van der Waals surface area contributed by atoms with Gasteiger partial charge < -0.3 is 0 Å². The van der Waals surface area contributed by atoms with Gasteiger partial charge >= 0.3 is 0 Å². The molecule has 0 radical (unpaired) electrons. The molecule has 1 heteroatoms. The van der Waals surface area contributed by atoms with E-state index in [0.717, 1.165) is 12.7 Å². The molecule has 0 bridgehead atoms. The fourth-order valence-corrected chi connectivity index (χ4v) is 0.363. The van der Waals surface area contributed by atoms with Crippen molar-refractivity contribution in [2.75, 3.05) is 0 Å². The van der Waals surface area contributed by atoms with Gasteiger partial charge in [0.1, 0.15) is 6.29 Å². The number of carbonyl (C=O) groups is 1. The fourth-order valence-electron chi connectivity index (χ4n) is 0.363. The number of allylic oxidation sites excluding steroid dienone is 5. The van der Waals surface area contributed by atoms with Crippen LogP contribution in [0.25, 0.3) is 0 Å². The molecule has 0 rings (SSSR count). The van der Waals surface area contributed by atoms with E-state index in [1.54, 1.807) is 12.2 Å². The first kappa shape index (κ1) is 7.89. The molecule has 0 aliphatic rings. The minimum atomic E-state index is 0.748. The van der Waals surface area contributed by atoms with Gasteiger partial charge in [0.05, 0.1) is 0 Å². The number of rotatable bonds is 4. The normalized spacial score (nSPS) is 10.7. The molecule has 0 saturated heterocycles. The van der Waals surface area contributed by atoms with Crippen LogP contribution in [0, 0.1) is 0 Å². The molecule has 9 heavy (non-hydrogen) atoms. The number of hydrogen-bond acceptors (Lipinski definition) is 1. The molecule has 0 spiro atoms. The van der Waals surface area contributed by atoms with Gasteiger partial charge in [-0.05, 0) is 12.5 Å². The molecule has 0 aromatic heterocycles. The molecular weight excluding hydrogens is 112 g/mol. The van der Waals surface area contributed by atoms with Crippen LogP contribution < -0.4 is 0 Å². The summed E-state index contributed by atoms with van der Waals surface area (Å²) in [5, 5.41) is 0. The predicted octanol–water partition coefficient (Wildman–Crippen LogP) is 1.87. The lowest BCUT2D eigenvalue weighted by molar-refractivity contribution is -0.104. The van der Waals surface area contributed by atoms with E-state index in [9.17, 15) is 4.79 Å². The quantitative estimate of drug-likeness (QED) is 0.241. The molecule has 0 amide bonds. The SMILES string of the molecule is C=CCC=CC=CC=O. The van der Waals surface area contributed by atoms with Gasteiger partial charge in [0.25, 0.3) is 0 Å². The Morgan fingerprint density at radius 2 is 2.00 bits per heavy atom. The first-order chi connectivity index (χ1) is 4.41. The first-order valence-electron chi connectivity index (χ1n) is 2.79. The highest BCUT2D eigenvalue weighted by Crippen LogP contribution is 1.82. The van der Waals surface area contributed by atoms with Gasteiger partial charge in [0.15, 0.2) is 0 Å². The van der Waals surface area contributed by atoms with Crippen molar-refractivity contribution in [3.8, 4) is 0 Å². The van der Waals surface area contributed by atoms with Crippen molar-refractivity contribution in [2.45, 2.75) is 6.42 Å². The Kier molecular flexibility index (Phi) is 6.04. The zero-order valence-corrected chi connectivity index (χ0v) is 5.29. The summed E-state index contributed by atoms with van der Waals surface area (Å²) in [7, 11) is 0. The highest BCUT2D eigenvalue weighted by Gasteiger charge is 1.63. The van der Waals surface area contributed by atoms with Crippen LogP contribution in [0.2, 0.25) is 0 Å². The maximum absolute atomic E-state index is 9.70. The summed E-state index contributed by atoms with van der Waals surface area (Å²) in [5.74, 6) is 0. The van der Waals surface area contributed by atoms with Crippen molar-refractivity contribution in [3.63, 3.8) is 0 Å². The Morgan fingerprint density at radius 3 is 2.56 bits per heavy atom. The van der Waals surface area contributed by atoms with Crippen molar-refractivity contribution < 1.29 is 4.79 Å². The van der Waals surface area contributed by atoms with Gasteiger partial charge in [-0.25, -0.2) is 0 Å². The molecule has 0 aliphatic carbocycles. The molecule has 0 aliphatic heterocycles. The highest BCUT2D eigenvalue weighted by atomic mass is 16.1. The predicted molar refractivity (Wildman–Crippen MR) is 39.2 cm³/mol. The lowest BCUT2D eigenvalue weighted by Gasteiger charge is -1.73. The van der Waals surface area contributed by atoms with E-state index in [4.69, 9.17) is 0 Å². The second-order valence-corrected chi connectivity index (χ2v) is 1.47. The van der Waals surface area contributed by atoms with Gasteiger partial charge in [-0.3, -0.25) is 4.79 Å². The summed E-state index contributed by atoms with van der Waals surface area (Å²) in [5.41, 5.74) is 0. The van der Waals surface area contributed by atoms with Crippen LogP contribution >= 0.6 is 0 Å². The molecule has 48 valence electrons. The Labute approximate surface area is 55.4 Å². The number of hydrogen-bond donors (Lipinski definition) is 0. The average Bonchev–Trinajstić information content (AvgIpc) is 1.89. The van der Waals surface area contributed by atoms with Gasteiger partial charge in [-0.15, -0.1) is 6.58 Å². The average molecular weight is 122 g/mol. The van der Waals surface area contributed by atoms with Crippen LogP contribution in [0.5, 0.6) is 0 Å². The van der Waals surface area contributed by atoms with Crippen molar-refractivity contribution in [3.05, 3.63) is 37.0 Å². The second kappa shape index (κ2) is 6.89. The second-order valence-electron chi connectivity index (χ2n) is 1.47. The first-order valence-corrected chi connectivity index (χ1v) is 2.79. The molecule has 0 heterocycles. The van der Waals surface area contributed by atoms with E-state index < -0.39 is 0 Å². The fraction of sp³-hybridized carbons (Fsp3) is 0.125. The molecule has 1 nitrogen and oxygen atoms in total. The van der Waals surface area contributed by atoms with Crippen LogP contribution in [0.15, 0.2) is 37.0 Å². The maximum atomic E-state index is 9.70. The minimum Gasteiger partial charge on any atom is -0.299 e. The standard InChI is InChI=1S/C8H10O/c1-2-3-4-5-6-7-8-9/h2,4-8H,1,3H2. The largest absolute Gasteiger partial charge is 0.299 e. The molecule has 0 aromatic rings. The maximum Gasteiger partial charge on any atom is 0.142 e. The lowest BCUT2D eigenvalue weighted by Crippen LogP contribution is -1.57. The Morgan fingerprint density at radius 1 is 1.22 bits per heavy atom. The van der Waals surface area contributed by atoms with Crippen molar-refractivity contribution >= 4 is 6.29 Å². The zero-order chi connectivity index (χ0) is 6.95. The third-order valence-electron chi connectivity index (χ3n) is 0.740. The van der Waals surface area contributed by atoms with Crippen molar-refractivity contribution in [1.29, 1.82) is 0 Å². The zero-order valence-electron chi connectivity index (χ0n) is 5.29. The summed E-state index contributed by atoms with van der Waals surface area (Å²) in [6.45, 7) is 3.53. The monoisotopic (exact) mass is 122 g/mol. The van der Waals surface area contributed by atoms with E-state index in [1.165, 1.54) is 6.08 Å². The van der Waals surface area contributed by atoms with Crippen LogP contribution in [0.1, 0.15) is 6.42 Å². The van der Waals surface area contributed by atoms with E-state index >= 15 is 0 Å². The summed E-state index contributed by atoms with van der Waals surface area (Å²) in [6, 6.07) is 0. The van der Waals surface area contributed by atoms with Gasteiger partial charge in [-0.1, -0.05) is 24.3 Å². The Hall–Kier alpha value is -1.11. The number of carbonyl (C=O) groups excluding carboxylic acids is 1. The van der Waals surface area contributed by atoms with Crippen LogP contribution in [0.4, 0.5) is 0 Å². The molecule has 0 fully saturated rings. The summed E-state index contributed by atoms with van der Waals surface area (Å²) >= 11 is 0. The van der Waals surface area contributed by atoms with Crippen LogP contribution in [0.3, 0.4) is 0 Å². The molecule has 0 aromatic carbocycles. The van der Waals surface area contributed by atoms with E-state index in [2.05, 4.69) is 6.58 Å². The molecule has 0 saturated carbocycles. The number of aldehydes is 1. The summed E-state index contributed by atoms with van der Waals surface area (Å²) in [4.78, 5) is 9.70.